The summed E-state index contributed by atoms with van der Waals surface area (Å²) in [5.41, 5.74) is 0.491. The van der Waals surface area contributed by atoms with Crippen LogP contribution in [-0.4, -0.2) is 65.4 Å². The van der Waals surface area contributed by atoms with E-state index in [0.29, 0.717) is 18.8 Å². The number of primary sulfonamides is 1. The zero-order valence-corrected chi connectivity index (χ0v) is 17.2. The standard InChI is InChI=1S/C17H20N4O6S2/c1-27-17(22)15-11-13(28(18,23)24)4-5-16(15)20-7-9-21(10-8-20)29(25,26)14-3-2-6-19-12-14/h2-6,11-12H,7-10H2,1H3,(H2,18,23,24). The number of anilines is 1. The van der Waals surface area contributed by atoms with E-state index < -0.39 is 26.0 Å². The molecule has 156 valence electrons. The van der Waals surface area contributed by atoms with Gasteiger partial charge in [-0.15, -0.1) is 0 Å². The largest absolute Gasteiger partial charge is 0.465 e. The number of benzene rings is 1. The molecule has 2 N–H and O–H groups in total. The number of nitrogens with zero attached hydrogens (tertiary/aromatic N) is 3. The van der Waals surface area contributed by atoms with Gasteiger partial charge in [0.1, 0.15) is 4.90 Å². The molecule has 0 radical (unpaired) electrons. The fourth-order valence-electron chi connectivity index (χ4n) is 3.06. The third kappa shape index (κ3) is 4.40. The average molecular weight is 441 g/mol. The van der Waals surface area contributed by atoms with Crippen LogP contribution in [0.15, 0.2) is 52.5 Å². The second kappa shape index (κ2) is 8.06. The maximum absolute atomic E-state index is 12.7. The maximum Gasteiger partial charge on any atom is 0.340 e. The SMILES string of the molecule is COC(=O)c1cc(S(N)(=O)=O)ccc1N1CCN(S(=O)(=O)c2cccnc2)CC1. The van der Waals surface area contributed by atoms with Crippen LogP contribution in [0.4, 0.5) is 5.69 Å². The van der Waals surface area contributed by atoms with Crippen molar-refractivity contribution in [3.8, 4) is 0 Å². The number of methoxy groups -OCH3 is 1. The molecule has 0 spiro atoms. The van der Waals surface area contributed by atoms with Crippen molar-refractivity contribution in [3.63, 3.8) is 0 Å². The molecular weight excluding hydrogens is 420 g/mol. The van der Waals surface area contributed by atoms with Crippen LogP contribution in [0.3, 0.4) is 0 Å². The fourth-order valence-corrected chi connectivity index (χ4v) is 4.99. The first-order valence-electron chi connectivity index (χ1n) is 8.55. The summed E-state index contributed by atoms with van der Waals surface area (Å²) in [5, 5.41) is 5.15. The summed E-state index contributed by atoms with van der Waals surface area (Å²) in [6, 6.07) is 6.97. The molecule has 1 saturated heterocycles. The number of sulfonamides is 2. The van der Waals surface area contributed by atoms with Crippen LogP contribution in [0.5, 0.6) is 0 Å². The lowest BCUT2D eigenvalue weighted by Gasteiger charge is -2.36. The number of ether oxygens (including phenoxy) is 1. The average Bonchev–Trinajstić information content (AvgIpc) is 2.73. The van der Waals surface area contributed by atoms with Crippen molar-refractivity contribution in [2.75, 3.05) is 38.2 Å². The molecule has 0 atom stereocenters. The summed E-state index contributed by atoms with van der Waals surface area (Å²) < 4.78 is 54.7. The van der Waals surface area contributed by atoms with Gasteiger partial charge < -0.3 is 9.64 Å². The molecule has 0 bridgehead atoms. The topological polar surface area (TPSA) is 140 Å². The van der Waals surface area contributed by atoms with Gasteiger partial charge >= 0.3 is 5.97 Å². The Kier molecular flexibility index (Phi) is 5.89. The third-order valence-corrected chi connectivity index (χ3v) is 7.35. The maximum atomic E-state index is 12.7. The smallest absolute Gasteiger partial charge is 0.340 e. The molecular formula is C17H20N4O6S2. The molecule has 10 nitrogen and oxygen atoms in total. The van der Waals surface area contributed by atoms with Crippen molar-refractivity contribution in [2.45, 2.75) is 9.79 Å². The van der Waals surface area contributed by atoms with Gasteiger partial charge in [0.05, 0.1) is 23.3 Å². The molecule has 1 aromatic heterocycles. The first-order valence-corrected chi connectivity index (χ1v) is 11.5. The van der Waals surface area contributed by atoms with Gasteiger partial charge in [0.2, 0.25) is 20.0 Å². The molecule has 0 unspecified atom stereocenters. The number of carbonyl (C=O) groups excluding carboxylic acids is 1. The number of hydrogen-bond donors (Lipinski definition) is 1. The van der Waals surface area contributed by atoms with E-state index in [0.717, 1.165) is 6.07 Å². The lowest BCUT2D eigenvalue weighted by Crippen LogP contribution is -2.49. The normalized spacial score (nSPS) is 15.9. The highest BCUT2D eigenvalue weighted by Crippen LogP contribution is 2.27. The van der Waals surface area contributed by atoms with Crippen molar-refractivity contribution >= 4 is 31.7 Å². The summed E-state index contributed by atoms with van der Waals surface area (Å²) in [6.07, 6.45) is 2.79. The number of piperazine rings is 1. The molecule has 12 heteroatoms. The second-order valence-electron chi connectivity index (χ2n) is 6.30. The van der Waals surface area contributed by atoms with E-state index in [9.17, 15) is 21.6 Å². The molecule has 3 rings (SSSR count). The molecule has 1 fully saturated rings. The van der Waals surface area contributed by atoms with Crippen molar-refractivity contribution in [3.05, 3.63) is 48.3 Å². The van der Waals surface area contributed by atoms with Gasteiger partial charge in [0.15, 0.2) is 0 Å². The van der Waals surface area contributed by atoms with Crippen LogP contribution in [0.25, 0.3) is 0 Å². The summed E-state index contributed by atoms with van der Waals surface area (Å²) >= 11 is 0. The van der Waals surface area contributed by atoms with Crippen molar-refractivity contribution in [2.24, 2.45) is 5.14 Å². The monoisotopic (exact) mass is 440 g/mol. The van der Waals surface area contributed by atoms with E-state index in [1.54, 1.807) is 11.0 Å². The Labute approximate surface area is 169 Å². The lowest BCUT2D eigenvalue weighted by atomic mass is 10.1. The molecule has 0 saturated carbocycles. The molecule has 0 amide bonds. The molecule has 2 heterocycles. The van der Waals surface area contributed by atoms with E-state index in [4.69, 9.17) is 9.88 Å². The molecule has 1 aliphatic heterocycles. The Morgan fingerprint density at radius 3 is 2.31 bits per heavy atom. The quantitative estimate of drug-likeness (QED) is 0.642. The van der Waals surface area contributed by atoms with E-state index in [1.165, 1.54) is 42.0 Å². The van der Waals surface area contributed by atoms with Gasteiger partial charge in [-0.25, -0.2) is 26.8 Å². The van der Waals surface area contributed by atoms with Gasteiger partial charge in [-0.05, 0) is 30.3 Å². The Morgan fingerprint density at radius 2 is 1.76 bits per heavy atom. The second-order valence-corrected chi connectivity index (χ2v) is 9.79. The van der Waals surface area contributed by atoms with E-state index in [-0.39, 0.29) is 28.4 Å². The van der Waals surface area contributed by atoms with Crippen LogP contribution in [-0.2, 0) is 24.8 Å². The number of esters is 1. The number of nitrogens with two attached hydrogens (primary N) is 1. The van der Waals surface area contributed by atoms with Gasteiger partial charge in [0.25, 0.3) is 0 Å². The summed E-state index contributed by atoms with van der Waals surface area (Å²) in [6.45, 7) is 0.986. The van der Waals surface area contributed by atoms with Crippen LogP contribution in [0.2, 0.25) is 0 Å². The molecule has 1 aromatic carbocycles. The molecule has 0 aliphatic carbocycles. The Balaban J connectivity index is 1.85. The van der Waals surface area contributed by atoms with Crippen molar-refractivity contribution in [1.82, 2.24) is 9.29 Å². The fraction of sp³-hybridized carbons (Fsp3) is 0.294. The van der Waals surface area contributed by atoms with Crippen molar-refractivity contribution in [1.29, 1.82) is 0 Å². The first kappa shape index (κ1) is 21.2. The first-order chi connectivity index (χ1) is 13.6. The van der Waals surface area contributed by atoms with Crippen molar-refractivity contribution < 1.29 is 26.4 Å². The predicted molar refractivity (Wildman–Crippen MR) is 104 cm³/mol. The van der Waals surface area contributed by atoms with Crippen LogP contribution in [0, 0.1) is 0 Å². The Morgan fingerprint density at radius 1 is 1.07 bits per heavy atom. The number of hydrogen-bond acceptors (Lipinski definition) is 8. The number of rotatable bonds is 5. The van der Waals surface area contributed by atoms with Crippen LogP contribution < -0.4 is 10.0 Å². The summed E-state index contributed by atoms with van der Waals surface area (Å²) in [5.74, 6) is -0.712. The van der Waals surface area contributed by atoms with E-state index in [2.05, 4.69) is 4.98 Å². The van der Waals surface area contributed by atoms with E-state index >= 15 is 0 Å². The Hall–Kier alpha value is -2.54. The minimum absolute atomic E-state index is 0.0441. The lowest BCUT2D eigenvalue weighted by molar-refractivity contribution is 0.0601. The van der Waals surface area contributed by atoms with E-state index in [1.807, 2.05) is 0 Å². The van der Waals surface area contributed by atoms with Crippen LogP contribution >= 0.6 is 0 Å². The highest BCUT2D eigenvalue weighted by Gasteiger charge is 2.30. The zero-order chi connectivity index (χ0) is 21.2. The molecule has 1 aliphatic rings. The van der Waals surface area contributed by atoms with Gasteiger partial charge in [0, 0.05) is 38.6 Å². The summed E-state index contributed by atoms with van der Waals surface area (Å²) in [7, 11) is -6.47. The van der Waals surface area contributed by atoms with Gasteiger partial charge in [-0.3, -0.25) is 4.98 Å². The third-order valence-electron chi connectivity index (χ3n) is 4.55. The number of carbonyl (C=O) groups is 1. The minimum Gasteiger partial charge on any atom is -0.465 e. The van der Waals surface area contributed by atoms with Gasteiger partial charge in [-0.1, -0.05) is 0 Å². The minimum atomic E-state index is -3.99. The highest BCUT2D eigenvalue weighted by molar-refractivity contribution is 7.89. The zero-order valence-electron chi connectivity index (χ0n) is 15.6. The Bertz CT molecular complexity index is 1110. The summed E-state index contributed by atoms with van der Waals surface area (Å²) in [4.78, 5) is 17.7. The predicted octanol–water partition coefficient (Wildman–Crippen LogP) is 0.0265. The molecule has 29 heavy (non-hydrogen) atoms. The van der Waals surface area contributed by atoms with Gasteiger partial charge in [-0.2, -0.15) is 4.31 Å². The number of pyridine rings is 1. The highest BCUT2D eigenvalue weighted by atomic mass is 32.2. The van der Waals surface area contributed by atoms with Crippen LogP contribution in [0.1, 0.15) is 10.4 Å². The molecule has 2 aromatic rings. The number of aromatic nitrogens is 1.